The highest BCUT2D eigenvalue weighted by Crippen LogP contribution is 2.24. The van der Waals surface area contributed by atoms with E-state index in [0.717, 1.165) is 23.6 Å². The lowest BCUT2D eigenvalue weighted by molar-refractivity contribution is -0.109. The van der Waals surface area contributed by atoms with Gasteiger partial charge in [-0.25, -0.2) is 5.84 Å². The molecule has 0 spiro atoms. The third-order valence-electron chi connectivity index (χ3n) is 4.33. The van der Waals surface area contributed by atoms with E-state index in [0.29, 0.717) is 19.6 Å². The predicted octanol–water partition coefficient (Wildman–Crippen LogP) is 4.87. The Kier molecular flexibility index (Phi) is 15.8. The van der Waals surface area contributed by atoms with E-state index in [1.54, 1.807) is 5.43 Å². The Balaban J connectivity index is 0.000000901. The molecule has 0 aromatic heterocycles. The van der Waals surface area contributed by atoms with E-state index in [4.69, 9.17) is 14.3 Å². The van der Waals surface area contributed by atoms with E-state index >= 15 is 0 Å². The van der Waals surface area contributed by atoms with Crippen molar-refractivity contribution in [2.75, 3.05) is 19.0 Å². The van der Waals surface area contributed by atoms with Crippen molar-refractivity contribution in [2.24, 2.45) is 5.84 Å². The molecule has 0 aliphatic rings. The summed E-state index contributed by atoms with van der Waals surface area (Å²) in [6.45, 7) is 12.5. The first kappa shape index (κ1) is 27.4. The fourth-order valence-electron chi connectivity index (χ4n) is 2.46. The second-order valence-corrected chi connectivity index (χ2v) is 6.66. The molecule has 168 valence electrons. The summed E-state index contributed by atoms with van der Waals surface area (Å²) in [5.74, 6) is 5.33. The number of hydrazine groups is 1. The summed E-state index contributed by atoms with van der Waals surface area (Å²) in [6.07, 6.45) is 3.04. The maximum absolute atomic E-state index is 8.94. The summed E-state index contributed by atoms with van der Waals surface area (Å²) < 4.78 is 11.5. The molecule has 2 aromatic rings. The second kappa shape index (κ2) is 17.3. The average Bonchev–Trinajstić information content (AvgIpc) is 2.77. The van der Waals surface area contributed by atoms with Gasteiger partial charge in [-0.1, -0.05) is 51.0 Å². The maximum atomic E-state index is 8.94. The van der Waals surface area contributed by atoms with Gasteiger partial charge in [-0.15, -0.1) is 0 Å². The number of amides is 1. The molecule has 0 heterocycles. The Hall–Kier alpha value is -2.57. The van der Waals surface area contributed by atoms with Crippen molar-refractivity contribution in [2.45, 2.75) is 60.7 Å². The van der Waals surface area contributed by atoms with Gasteiger partial charge in [-0.2, -0.15) is 0 Å². The molecule has 30 heavy (non-hydrogen) atoms. The lowest BCUT2D eigenvalue weighted by Gasteiger charge is -2.15. The van der Waals surface area contributed by atoms with Crippen LogP contribution in [0.5, 0.6) is 5.75 Å². The normalized spacial score (nSPS) is 9.43. The zero-order chi connectivity index (χ0) is 22.8. The zero-order valence-corrected chi connectivity index (χ0v) is 19.4. The standard InChI is InChI=1S/C19H25NO2.C4H10.CH4N2O/c1-5-21-12-16-9-10-19(15(3)11-16)22-13-17-14(2)7-6-8-18(17)20-4;1-3-4-2;2-3-1-4/h6-11,20H,5,12-13H2,1-4H3;3-4H2,1-2H3;1H,2H2,(H,3,4). The summed E-state index contributed by atoms with van der Waals surface area (Å²) in [7, 11) is 1.94. The predicted molar refractivity (Wildman–Crippen MR) is 126 cm³/mol. The molecule has 2 aromatic carbocycles. The van der Waals surface area contributed by atoms with Crippen molar-refractivity contribution in [3.8, 4) is 5.75 Å². The summed E-state index contributed by atoms with van der Waals surface area (Å²) in [5, 5.41) is 3.22. The molecule has 4 N–H and O–H groups in total. The maximum Gasteiger partial charge on any atom is 0.221 e. The van der Waals surface area contributed by atoms with Crippen LogP contribution in [0, 0.1) is 13.8 Å². The van der Waals surface area contributed by atoms with Gasteiger partial charge in [-0.3, -0.25) is 10.2 Å². The Morgan fingerprint density at radius 2 is 1.67 bits per heavy atom. The molecule has 0 radical (unpaired) electrons. The molecule has 2 rings (SSSR count). The fourth-order valence-corrected chi connectivity index (χ4v) is 2.46. The summed E-state index contributed by atoms with van der Waals surface area (Å²) in [5.41, 5.74) is 7.61. The molecule has 0 saturated heterocycles. The highest BCUT2D eigenvalue weighted by Gasteiger charge is 2.07. The van der Waals surface area contributed by atoms with Gasteiger partial charge in [0.1, 0.15) is 12.4 Å². The highest BCUT2D eigenvalue weighted by atomic mass is 16.5. The van der Waals surface area contributed by atoms with Gasteiger partial charge in [0, 0.05) is 24.9 Å². The molecule has 1 amide bonds. The van der Waals surface area contributed by atoms with Crippen LogP contribution in [0.15, 0.2) is 36.4 Å². The molecule has 6 heteroatoms. The van der Waals surface area contributed by atoms with Gasteiger partial charge >= 0.3 is 0 Å². The first-order valence-corrected chi connectivity index (χ1v) is 10.4. The second-order valence-electron chi connectivity index (χ2n) is 6.66. The van der Waals surface area contributed by atoms with E-state index in [1.165, 1.54) is 29.5 Å². The molecule has 0 aliphatic carbocycles. The number of hydrogen-bond acceptors (Lipinski definition) is 5. The molecule has 6 nitrogen and oxygen atoms in total. The van der Waals surface area contributed by atoms with Crippen LogP contribution < -0.4 is 21.3 Å². The van der Waals surface area contributed by atoms with Gasteiger partial charge in [0.2, 0.25) is 6.41 Å². The first-order chi connectivity index (χ1) is 14.5. The van der Waals surface area contributed by atoms with Crippen LogP contribution in [0.1, 0.15) is 55.9 Å². The van der Waals surface area contributed by atoms with Crippen molar-refractivity contribution < 1.29 is 14.3 Å². The zero-order valence-electron chi connectivity index (χ0n) is 19.4. The van der Waals surface area contributed by atoms with Crippen LogP contribution in [0.2, 0.25) is 0 Å². The third-order valence-corrected chi connectivity index (χ3v) is 4.33. The lowest BCUT2D eigenvalue weighted by atomic mass is 10.1. The number of nitrogens with two attached hydrogens (primary N) is 1. The van der Waals surface area contributed by atoms with Gasteiger partial charge in [0.25, 0.3) is 0 Å². The van der Waals surface area contributed by atoms with Crippen molar-refractivity contribution in [3.05, 3.63) is 58.7 Å². The van der Waals surface area contributed by atoms with Gasteiger partial charge < -0.3 is 14.8 Å². The van der Waals surface area contributed by atoms with E-state index in [1.807, 2.05) is 20.0 Å². The van der Waals surface area contributed by atoms with Crippen molar-refractivity contribution in [1.82, 2.24) is 5.43 Å². The number of anilines is 1. The number of unbranched alkanes of at least 4 members (excludes halogenated alkanes) is 1. The van der Waals surface area contributed by atoms with Crippen LogP contribution >= 0.6 is 0 Å². The molecular weight excluding hydrogens is 378 g/mol. The van der Waals surface area contributed by atoms with E-state index in [2.05, 4.69) is 69.2 Å². The van der Waals surface area contributed by atoms with Crippen LogP contribution in [0.3, 0.4) is 0 Å². The number of benzene rings is 2. The van der Waals surface area contributed by atoms with Gasteiger partial charge in [0.05, 0.1) is 6.61 Å². The lowest BCUT2D eigenvalue weighted by Crippen LogP contribution is -2.18. The Morgan fingerprint density at radius 1 is 1.00 bits per heavy atom. The monoisotopic (exact) mass is 417 g/mol. The minimum atomic E-state index is 0.403. The molecular formula is C24H39N3O3. The number of rotatable bonds is 9. The molecule has 0 atom stereocenters. The minimum absolute atomic E-state index is 0.403. The summed E-state index contributed by atoms with van der Waals surface area (Å²) in [4.78, 5) is 8.94. The number of nitrogens with one attached hydrogen (secondary N) is 2. The average molecular weight is 418 g/mol. The smallest absolute Gasteiger partial charge is 0.221 e. The molecule has 0 bridgehead atoms. The highest BCUT2D eigenvalue weighted by molar-refractivity contribution is 5.54. The molecule has 0 aliphatic heterocycles. The fraction of sp³-hybridized carbons (Fsp3) is 0.458. The minimum Gasteiger partial charge on any atom is -0.489 e. The van der Waals surface area contributed by atoms with Crippen LogP contribution in [0.25, 0.3) is 0 Å². The van der Waals surface area contributed by atoms with E-state index < -0.39 is 0 Å². The van der Waals surface area contributed by atoms with Crippen LogP contribution in [-0.4, -0.2) is 20.1 Å². The number of carbonyl (C=O) groups excluding carboxylic acids is 1. The number of aryl methyl sites for hydroxylation is 2. The van der Waals surface area contributed by atoms with Crippen LogP contribution in [-0.2, 0) is 22.7 Å². The Labute approximate surface area is 182 Å². The Bertz CT molecular complexity index is 719. The van der Waals surface area contributed by atoms with Crippen LogP contribution in [0.4, 0.5) is 5.69 Å². The topological polar surface area (TPSA) is 85.6 Å². The quantitative estimate of drug-likeness (QED) is 0.234. The number of ether oxygens (including phenoxy) is 2. The van der Waals surface area contributed by atoms with Gasteiger partial charge in [-0.05, 0) is 49.6 Å². The number of hydrogen-bond donors (Lipinski definition) is 3. The van der Waals surface area contributed by atoms with E-state index in [-0.39, 0.29) is 0 Å². The van der Waals surface area contributed by atoms with Crippen molar-refractivity contribution >= 4 is 12.1 Å². The molecule has 0 saturated carbocycles. The van der Waals surface area contributed by atoms with Crippen molar-refractivity contribution in [1.29, 1.82) is 0 Å². The summed E-state index contributed by atoms with van der Waals surface area (Å²) >= 11 is 0. The largest absolute Gasteiger partial charge is 0.489 e. The van der Waals surface area contributed by atoms with E-state index in [9.17, 15) is 0 Å². The Morgan fingerprint density at radius 3 is 2.17 bits per heavy atom. The molecule has 0 unspecified atom stereocenters. The first-order valence-electron chi connectivity index (χ1n) is 10.4. The van der Waals surface area contributed by atoms with Gasteiger partial charge in [0.15, 0.2) is 0 Å². The van der Waals surface area contributed by atoms with Crippen molar-refractivity contribution in [3.63, 3.8) is 0 Å². The number of carbonyl (C=O) groups is 1. The summed E-state index contributed by atoms with van der Waals surface area (Å²) in [6, 6.07) is 12.5. The third kappa shape index (κ3) is 10.8. The SMILES string of the molecule is CCCC.CCOCc1ccc(OCc2c(C)cccc2NC)c(C)c1.NNC=O. The molecule has 0 fully saturated rings.